The Kier molecular flexibility index (Phi) is 6.16. The average molecular weight is 368 g/mol. The summed E-state index contributed by atoms with van der Waals surface area (Å²) in [6.07, 6.45) is 0. The number of nitrogens with zero attached hydrogens (tertiary/aromatic N) is 5. The van der Waals surface area contributed by atoms with Gasteiger partial charge in [0.2, 0.25) is 5.88 Å². The molecule has 132 valence electrons. The van der Waals surface area contributed by atoms with Crippen LogP contribution in [-0.2, 0) is 0 Å². The van der Waals surface area contributed by atoms with Crippen LogP contribution in [0.5, 0.6) is 5.88 Å². The number of aromatic nitrogens is 1. The van der Waals surface area contributed by atoms with Gasteiger partial charge in [-0.1, -0.05) is 29.8 Å². The second-order valence-electron chi connectivity index (χ2n) is 5.66. The zero-order valence-electron chi connectivity index (χ0n) is 15.0. The van der Waals surface area contributed by atoms with E-state index in [1.165, 1.54) is 0 Å². The topological polar surface area (TPSA) is 85.3 Å². The van der Waals surface area contributed by atoms with Crippen molar-refractivity contribution in [1.82, 2.24) is 9.88 Å². The molecule has 0 aliphatic rings. The molecule has 1 aromatic carbocycles. The van der Waals surface area contributed by atoms with Crippen LogP contribution in [0.15, 0.2) is 29.3 Å². The summed E-state index contributed by atoms with van der Waals surface area (Å²) < 4.78 is 5.53. The zero-order chi connectivity index (χ0) is 19.3. The fourth-order valence-corrected chi connectivity index (χ4v) is 2.36. The van der Waals surface area contributed by atoms with Crippen LogP contribution < -0.4 is 4.74 Å². The highest BCUT2D eigenvalue weighted by atomic mass is 35.5. The molecule has 7 heteroatoms. The third kappa shape index (κ3) is 3.93. The van der Waals surface area contributed by atoms with Gasteiger partial charge < -0.3 is 9.64 Å². The highest BCUT2D eigenvalue weighted by molar-refractivity contribution is 6.64. The number of benzene rings is 1. The molecule has 0 aliphatic carbocycles. The lowest BCUT2D eigenvalue weighted by molar-refractivity contribution is 0.326. The molecule has 0 radical (unpaired) electrons. The monoisotopic (exact) mass is 367 g/mol. The van der Waals surface area contributed by atoms with E-state index in [9.17, 15) is 10.5 Å². The number of amidine groups is 1. The van der Waals surface area contributed by atoms with E-state index in [2.05, 4.69) is 22.1 Å². The molecule has 0 saturated carbocycles. The summed E-state index contributed by atoms with van der Waals surface area (Å²) in [6.45, 7) is 4.08. The first kappa shape index (κ1) is 19.2. The minimum atomic E-state index is 0.115. The van der Waals surface area contributed by atoms with Crippen LogP contribution in [0.3, 0.4) is 0 Å². The van der Waals surface area contributed by atoms with E-state index in [-0.39, 0.29) is 28.1 Å². The van der Waals surface area contributed by atoms with Crippen molar-refractivity contribution in [3.8, 4) is 29.1 Å². The first-order chi connectivity index (χ1) is 12.4. The molecule has 0 aliphatic heterocycles. The number of nitriles is 2. The van der Waals surface area contributed by atoms with Crippen molar-refractivity contribution in [3.05, 3.63) is 41.0 Å². The molecule has 0 unspecified atom stereocenters. The normalized spacial score (nSPS) is 10.8. The number of hydrogen-bond acceptors (Lipinski definition) is 5. The van der Waals surface area contributed by atoms with Crippen LogP contribution >= 0.6 is 11.6 Å². The Bertz CT molecular complexity index is 921. The molecule has 0 fully saturated rings. The predicted octanol–water partition coefficient (Wildman–Crippen LogP) is 3.99. The Balaban J connectivity index is 2.88. The van der Waals surface area contributed by atoms with Gasteiger partial charge in [0, 0.05) is 19.7 Å². The molecule has 2 aromatic rings. The van der Waals surface area contributed by atoms with Crippen LogP contribution in [-0.4, -0.2) is 35.9 Å². The van der Waals surface area contributed by atoms with Crippen LogP contribution in [0.25, 0.3) is 11.1 Å². The smallest absolute Gasteiger partial charge is 0.234 e. The number of pyridine rings is 1. The Hall–Kier alpha value is -3.09. The van der Waals surface area contributed by atoms with Gasteiger partial charge in [0.05, 0.1) is 6.61 Å². The standard InChI is InChI=1S/C19H18ClN5O/c1-5-26-18-15(11-22)16(13-8-6-12(2)7-9-13)14(10-21)17(23-18)24-19(20)25(3)4/h6-9H,5H2,1-4H3. The molecule has 1 aromatic heterocycles. The second-order valence-corrected chi connectivity index (χ2v) is 6.00. The molecule has 1 heterocycles. The Morgan fingerprint density at radius 2 is 1.81 bits per heavy atom. The summed E-state index contributed by atoms with van der Waals surface area (Å²) in [5.74, 6) is 0.246. The summed E-state index contributed by atoms with van der Waals surface area (Å²) in [5, 5.41) is 19.6. The molecular weight excluding hydrogens is 350 g/mol. The molecule has 0 amide bonds. The predicted molar refractivity (Wildman–Crippen MR) is 102 cm³/mol. The van der Waals surface area contributed by atoms with Crippen LogP contribution in [0.4, 0.5) is 5.82 Å². The largest absolute Gasteiger partial charge is 0.477 e. The maximum absolute atomic E-state index is 9.74. The van der Waals surface area contributed by atoms with E-state index in [1.54, 1.807) is 25.9 Å². The maximum atomic E-state index is 9.74. The van der Waals surface area contributed by atoms with E-state index in [0.29, 0.717) is 17.7 Å². The molecule has 26 heavy (non-hydrogen) atoms. The van der Waals surface area contributed by atoms with Gasteiger partial charge >= 0.3 is 0 Å². The van der Waals surface area contributed by atoms with Crippen molar-refractivity contribution in [2.75, 3.05) is 20.7 Å². The number of ether oxygens (including phenoxy) is 1. The summed E-state index contributed by atoms with van der Waals surface area (Å²) in [4.78, 5) is 10.1. The number of halogens is 1. The third-order valence-electron chi connectivity index (χ3n) is 3.56. The van der Waals surface area contributed by atoms with Gasteiger partial charge in [-0.2, -0.15) is 20.5 Å². The zero-order valence-corrected chi connectivity index (χ0v) is 15.8. The number of aliphatic imine (C=N–C) groups is 1. The first-order valence-corrected chi connectivity index (χ1v) is 8.30. The van der Waals surface area contributed by atoms with Crippen molar-refractivity contribution in [1.29, 1.82) is 10.5 Å². The maximum Gasteiger partial charge on any atom is 0.234 e. The van der Waals surface area contributed by atoms with E-state index >= 15 is 0 Å². The van der Waals surface area contributed by atoms with E-state index < -0.39 is 0 Å². The number of rotatable bonds is 4. The van der Waals surface area contributed by atoms with Crippen molar-refractivity contribution in [2.45, 2.75) is 13.8 Å². The van der Waals surface area contributed by atoms with Crippen LogP contribution in [0.1, 0.15) is 23.6 Å². The lowest BCUT2D eigenvalue weighted by Crippen LogP contribution is -2.16. The molecule has 2 rings (SSSR count). The first-order valence-electron chi connectivity index (χ1n) is 7.92. The van der Waals surface area contributed by atoms with Gasteiger partial charge in [0.1, 0.15) is 23.3 Å². The number of aryl methyl sites for hydroxylation is 1. The molecule has 0 saturated heterocycles. The molecular formula is C19H18ClN5O. The van der Waals surface area contributed by atoms with E-state index in [0.717, 1.165) is 5.56 Å². The van der Waals surface area contributed by atoms with Crippen molar-refractivity contribution in [2.24, 2.45) is 4.99 Å². The lowest BCUT2D eigenvalue weighted by Gasteiger charge is -2.14. The van der Waals surface area contributed by atoms with Gasteiger partial charge in [-0.15, -0.1) is 0 Å². The van der Waals surface area contributed by atoms with E-state index in [1.807, 2.05) is 31.2 Å². The van der Waals surface area contributed by atoms with Crippen LogP contribution in [0, 0.1) is 29.6 Å². The highest BCUT2D eigenvalue weighted by Crippen LogP contribution is 2.37. The molecule has 0 bridgehead atoms. The fourth-order valence-electron chi connectivity index (χ4n) is 2.28. The second kappa shape index (κ2) is 8.33. The summed E-state index contributed by atoms with van der Waals surface area (Å²) in [6, 6.07) is 11.7. The summed E-state index contributed by atoms with van der Waals surface area (Å²) in [7, 11) is 3.46. The Morgan fingerprint density at radius 1 is 1.19 bits per heavy atom. The molecule has 6 nitrogen and oxygen atoms in total. The third-order valence-corrected chi connectivity index (χ3v) is 3.98. The minimum absolute atomic E-state index is 0.115. The Morgan fingerprint density at radius 3 is 2.31 bits per heavy atom. The lowest BCUT2D eigenvalue weighted by atomic mass is 9.95. The quantitative estimate of drug-likeness (QED) is 0.463. The molecule has 0 N–H and O–H groups in total. The molecule has 0 atom stereocenters. The highest BCUT2D eigenvalue weighted by Gasteiger charge is 2.22. The van der Waals surface area contributed by atoms with Gasteiger partial charge in [-0.3, -0.25) is 0 Å². The van der Waals surface area contributed by atoms with Gasteiger partial charge in [0.15, 0.2) is 11.1 Å². The van der Waals surface area contributed by atoms with Gasteiger partial charge in [-0.05, 0) is 31.0 Å². The average Bonchev–Trinajstić information content (AvgIpc) is 2.62. The Labute approximate surface area is 157 Å². The van der Waals surface area contributed by atoms with Gasteiger partial charge in [-0.25, -0.2) is 0 Å². The van der Waals surface area contributed by atoms with Crippen molar-refractivity contribution >= 4 is 22.7 Å². The van der Waals surface area contributed by atoms with Gasteiger partial charge in [0.25, 0.3) is 0 Å². The number of hydrogen-bond donors (Lipinski definition) is 0. The van der Waals surface area contributed by atoms with Crippen molar-refractivity contribution in [3.63, 3.8) is 0 Å². The van der Waals surface area contributed by atoms with Crippen LogP contribution in [0.2, 0.25) is 0 Å². The van der Waals surface area contributed by atoms with Crippen molar-refractivity contribution < 1.29 is 4.74 Å². The van der Waals surface area contributed by atoms with E-state index in [4.69, 9.17) is 16.3 Å². The fraction of sp³-hybridized carbons (Fsp3) is 0.263. The summed E-state index contributed by atoms with van der Waals surface area (Å²) >= 11 is 6.12. The summed E-state index contributed by atoms with van der Waals surface area (Å²) in [5.41, 5.74) is 2.60. The molecule has 0 spiro atoms. The minimum Gasteiger partial charge on any atom is -0.477 e. The SMILES string of the molecule is CCOc1nc(N=C(Cl)N(C)C)c(C#N)c(-c2ccc(C)cc2)c1C#N.